The molecule has 0 nitrogen and oxygen atoms in total. The molecule has 6 atom stereocenters. The highest BCUT2D eigenvalue weighted by molar-refractivity contribution is 5.30. The summed E-state index contributed by atoms with van der Waals surface area (Å²) in [5.41, 5.74) is 5.37. The van der Waals surface area contributed by atoms with Gasteiger partial charge in [-0.25, -0.2) is 0 Å². The third-order valence-electron chi connectivity index (χ3n) is 7.89. The summed E-state index contributed by atoms with van der Waals surface area (Å²) in [7, 11) is 0. The van der Waals surface area contributed by atoms with Gasteiger partial charge >= 0.3 is 0 Å². The molecule has 0 aromatic rings. The van der Waals surface area contributed by atoms with E-state index in [0.717, 1.165) is 29.6 Å². The lowest BCUT2D eigenvalue weighted by molar-refractivity contribution is 0.196. The zero-order valence-corrected chi connectivity index (χ0v) is 17.6. The number of hydrogen-bond acceptors (Lipinski definition) is 0. The minimum absolute atomic E-state index is 0.443. The van der Waals surface area contributed by atoms with Crippen LogP contribution in [0, 0.1) is 35.0 Å². The van der Waals surface area contributed by atoms with Crippen molar-refractivity contribution < 1.29 is 0 Å². The van der Waals surface area contributed by atoms with Gasteiger partial charge in [0.15, 0.2) is 0 Å². The van der Waals surface area contributed by atoms with Crippen molar-refractivity contribution in [2.24, 2.45) is 35.0 Å². The van der Waals surface area contributed by atoms with E-state index in [1.165, 1.54) is 50.5 Å². The second kappa shape index (κ2) is 7.45. The highest BCUT2D eigenvalue weighted by atomic mass is 14.5. The third-order valence-corrected chi connectivity index (χ3v) is 7.89. The fourth-order valence-corrected chi connectivity index (χ4v) is 6.17. The predicted molar refractivity (Wildman–Crippen MR) is 110 cm³/mol. The van der Waals surface area contributed by atoms with Crippen LogP contribution in [0.4, 0.5) is 0 Å². The van der Waals surface area contributed by atoms with E-state index in [-0.39, 0.29) is 0 Å². The lowest BCUT2D eigenvalue weighted by Gasteiger charge is -2.37. The maximum atomic E-state index is 2.79. The Kier molecular flexibility index (Phi) is 5.66. The second-order valence-electron chi connectivity index (χ2n) is 10.0. The molecule has 0 N–H and O–H groups in total. The molecule has 2 saturated carbocycles. The van der Waals surface area contributed by atoms with Crippen molar-refractivity contribution in [3.63, 3.8) is 0 Å². The summed E-state index contributed by atoms with van der Waals surface area (Å²) in [4.78, 5) is 0. The molecule has 3 rings (SSSR count). The van der Waals surface area contributed by atoms with E-state index in [1.807, 2.05) is 0 Å². The van der Waals surface area contributed by atoms with Gasteiger partial charge in [-0.05, 0) is 94.8 Å². The molecule has 0 bridgehead atoms. The summed E-state index contributed by atoms with van der Waals surface area (Å²) in [6, 6.07) is 0. The van der Waals surface area contributed by atoms with Gasteiger partial charge in [-0.2, -0.15) is 0 Å². The SMILES string of the molecule is CC(C)=CCC[C@H](C)[C@H]1CC[C@]2(C)/C=C3\[C@H](CC[C@@H]3C)/C(C)=C\C[C@@H]12. The average molecular weight is 341 g/mol. The molecule has 3 aliphatic carbocycles. The Labute approximate surface area is 156 Å². The maximum absolute atomic E-state index is 2.79. The van der Waals surface area contributed by atoms with Crippen molar-refractivity contribution >= 4 is 0 Å². The number of fused-ring (bicyclic) bond motifs is 2. The van der Waals surface area contributed by atoms with Crippen molar-refractivity contribution in [2.75, 3.05) is 0 Å². The van der Waals surface area contributed by atoms with Gasteiger partial charge in [-0.3, -0.25) is 0 Å². The first kappa shape index (κ1) is 19.0. The van der Waals surface area contributed by atoms with Gasteiger partial charge in [0.25, 0.3) is 0 Å². The number of allylic oxidation sites excluding steroid dienone is 6. The smallest absolute Gasteiger partial charge is 0.000723 e. The minimum Gasteiger partial charge on any atom is -0.0859 e. The van der Waals surface area contributed by atoms with Gasteiger partial charge < -0.3 is 0 Å². The molecule has 0 aliphatic heterocycles. The molecular weight excluding hydrogens is 300 g/mol. The summed E-state index contributed by atoms with van der Waals surface area (Å²) in [5, 5.41) is 0. The number of hydrogen-bond donors (Lipinski definition) is 0. The molecule has 3 aliphatic rings. The van der Waals surface area contributed by atoms with Crippen LogP contribution in [0.15, 0.2) is 34.9 Å². The van der Waals surface area contributed by atoms with E-state index in [2.05, 4.69) is 59.8 Å². The summed E-state index contributed by atoms with van der Waals surface area (Å²) in [6.45, 7) is 14.4. The molecule has 25 heavy (non-hydrogen) atoms. The first-order valence-corrected chi connectivity index (χ1v) is 10.8. The topological polar surface area (TPSA) is 0 Å². The quantitative estimate of drug-likeness (QED) is 0.459. The van der Waals surface area contributed by atoms with Crippen LogP contribution in [0.2, 0.25) is 0 Å². The van der Waals surface area contributed by atoms with E-state index in [4.69, 9.17) is 0 Å². The van der Waals surface area contributed by atoms with Crippen LogP contribution < -0.4 is 0 Å². The Morgan fingerprint density at radius 1 is 1.28 bits per heavy atom. The standard InChI is InChI=1S/C25H40/c1-17(2)8-7-9-18(3)22-14-15-25(6)16-23-20(5)10-12-21(23)19(4)11-13-24(22)25/h8,11,16,18,20-22,24H,7,9-10,12-15H2,1-6H3/b19-11-,23-16-/t18-,20-,21+,22+,24-,25+/m0/s1. The lowest BCUT2D eigenvalue weighted by atomic mass is 9.68. The van der Waals surface area contributed by atoms with Crippen LogP contribution in [0.3, 0.4) is 0 Å². The van der Waals surface area contributed by atoms with E-state index >= 15 is 0 Å². The van der Waals surface area contributed by atoms with Crippen LogP contribution in [0.25, 0.3) is 0 Å². The van der Waals surface area contributed by atoms with Crippen molar-refractivity contribution in [2.45, 2.75) is 86.5 Å². The van der Waals surface area contributed by atoms with Crippen molar-refractivity contribution in [1.82, 2.24) is 0 Å². The van der Waals surface area contributed by atoms with E-state index in [0.29, 0.717) is 5.41 Å². The van der Waals surface area contributed by atoms with Gasteiger partial charge in [0.1, 0.15) is 0 Å². The zero-order chi connectivity index (χ0) is 18.2. The first-order chi connectivity index (χ1) is 11.8. The average Bonchev–Trinajstić information content (AvgIpc) is 3.04. The molecule has 0 saturated heterocycles. The molecule has 0 heterocycles. The molecule has 0 unspecified atom stereocenters. The molecule has 0 aromatic carbocycles. The van der Waals surface area contributed by atoms with Crippen molar-refractivity contribution in [3.05, 3.63) is 34.9 Å². The normalized spacial score (nSPS) is 43.0. The summed E-state index contributed by atoms with van der Waals surface area (Å²) >= 11 is 0. The molecule has 0 heteroatoms. The van der Waals surface area contributed by atoms with Crippen molar-refractivity contribution in [3.8, 4) is 0 Å². The predicted octanol–water partition coefficient (Wildman–Crippen LogP) is 7.72. The fraction of sp³-hybridized carbons (Fsp3) is 0.760. The van der Waals surface area contributed by atoms with Gasteiger partial charge in [-0.1, -0.05) is 55.7 Å². The Balaban J connectivity index is 1.81. The van der Waals surface area contributed by atoms with Gasteiger partial charge in [0.2, 0.25) is 0 Å². The minimum atomic E-state index is 0.443. The maximum Gasteiger partial charge on any atom is 0.000723 e. The molecule has 0 radical (unpaired) electrons. The Morgan fingerprint density at radius 3 is 2.76 bits per heavy atom. The fourth-order valence-electron chi connectivity index (χ4n) is 6.17. The second-order valence-corrected chi connectivity index (χ2v) is 10.0. The van der Waals surface area contributed by atoms with E-state index in [1.54, 1.807) is 11.1 Å². The molecule has 0 aromatic heterocycles. The highest BCUT2D eigenvalue weighted by Gasteiger charge is 2.46. The zero-order valence-electron chi connectivity index (χ0n) is 17.6. The Morgan fingerprint density at radius 2 is 2.04 bits per heavy atom. The first-order valence-electron chi connectivity index (χ1n) is 10.8. The molecule has 0 amide bonds. The molecule has 2 fully saturated rings. The van der Waals surface area contributed by atoms with Gasteiger partial charge in [-0.15, -0.1) is 0 Å². The van der Waals surface area contributed by atoms with Crippen LogP contribution in [-0.4, -0.2) is 0 Å². The summed E-state index contributed by atoms with van der Waals surface area (Å²) in [5.74, 6) is 4.18. The van der Waals surface area contributed by atoms with E-state index < -0.39 is 0 Å². The molecule has 0 spiro atoms. The van der Waals surface area contributed by atoms with Crippen LogP contribution in [0.5, 0.6) is 0 Å². The Bertz CT molecular complexity index is 571. The monoisotopic (exact) mass is 340 g/mol. The third kappa shape index (κ3) is 3.83. The number of rotatable bonds is 4. The lowest BCUT2D eigenvalue weighted by Crippen LogP contribution is -2.28. The summed E-state index contributed by atoms with van der Waals surface area (Å²) in [6.07, 6.45) is 17.4. The van der Waals surface area contributed by atoms with Crippen LogP contribution >= 0.6 is 0 Å². The summed E-state index contributed by atoms with van der Waals surface area (Å²) < 4.78 is 0. The van der Waals surface area contributed by atoms with E-state index in [9.17, 15) is 0 Å². The van der Waals surface area contributed by atoms with Crippen LogP contribution in [-0.2, 0) is 0 Å². The van der Waals surface area contributed by atoms with Crippen molar-refractivity contribution in [1.29, 1.82) is 0 Å². The highest BCUT2D eigenvalue weighted by Crippen LogP contribution is 2.56. The molecular formula is C25H40. The molecule has 140 valence electrons. The van der Waals surface area contributed by atoms with Gasteiger partial charge in [0, 0.05) is 5.92 Å². The Hall–Kier alpha value is -0.780. The van der Waals surface area contributed by atoms with Crippen LogP contribution in [0.1, 0.15) is 86.5 Å². The largest absolute Gasteiger partial charge is 0.0859 e. The van der Waals surface area contributed by atoms with Gasteiger partial charge in [0.05, 0.1) is 0 Å².